The Morgan fingerprint density at radius 3 is 2.90 bits per heavy atom. The molecule has 0 aliphatic carbocycles. The highest BCUT2D eigenvalue weighted by molar-refractivity contribution is 5.40. The molecular weight excluding hydrogens is 266 g/mol. The second-order valence-corrected chi connectivity index (χ2v) is 5.79. The van der Waals surface area contributed by atoms with Crippen LogP contribution in [0.5, 0.6) is 11.5 Å². The third-order valence-electron chi connectivity index (χ3n) is 4.27. The number of ether oxygens (including phenoxy) is 3. The van der Waals surface area contributed by atoms with Gasteiger partial charge in [-0.15, -0.1) is 0 Å². The van der Waals surface area contributed by atoms with Crippen LogP contribution in [0.3, 0.4) is 0 Å². The summed E-state index contributed by atoms with van der Waals surface area (Å²) in [5, 5.41) is 3.55. The van der Waals surface area contributed by atoms with E-state index in [2.05, 4.69) is 12.2 Å². The standard InChI is InChI=1S/C17H25NO3/c1-2-18-14(10-9-13-6-5-11-19-13)17-12-20-15-7-3-4-8-16(15)21-17/h3-4,7-8,13-14,17-18H,2,5-6,9-12H2,1H3. The van der Waals surface area contributed by atoms with Crippen LogP contribution < -0.4 is 14.8 Å². The van der Waals surface area contributed by atoms with E-state index in [0.29, 0.717) is 18.8 Å². The second kappa shape index (κ2) is 7.14. The molecule has 4 heteroatoms. The minimum Gasteiger partial charge on any atom is -0.486 e. The lowest BCUT2D eigenvalue weighted by molar-refractivity contribution is 0.0494. The molecule has 0 bridgehead atoms. The summed E-state index contributed by atoms with van der Waals surface area (Å²) in [4.78, 5) is 0. The Labute approximate surface area is 126 Å². The van der Waals surface area contributed by atoms with E-state index in [1.54, 1.807) is 0 Å². The fraction of sp³-hybridized carbons (Fsp3) is 0.647. The van der Waals surface area contributed by atoms with Crippen LogP contribution in [0.2, 0.25) is 0 Å². The molecule has 1 saturated heterocycles. The van der Waals surface area contributed by atoms with E-state index in [0.717, 1.165) is 37.5 Å². The molecule has 0 saturated carbocycles. The van der Waals surface area contributed by atoms with E-state index in [9.17, 15) is 0 Å². The lowest BCUT2D eigenvalue weighted by Crippen LogP contribution is -2.48. The minimum absolute atomic E-state index is 0.0706. The Kier molecular flexibility index (Phi) is 4.99. The van der Waals surface area contributed by atoms with Gasteiger partial charge in [0.1, 0.15) is 12.7 Å². The van der Waals surface area contributed by atoms with Gasteiger partial charge < -0.3 is 19.5 Å². The van der Waals surface area contributed by atoms with Crippen molar-refractivity contribution < 1.29 is 14.2 Å². The Bertz CT molecular complexity index is 445. The van der Waals surface area contributed by atoms with Gasteiger partial charge in [0.25, 0.3) is 0 Å². The lowest BCUT2D eigenvalue weighted by Gasteiger charge is -2.33. The van der Waals surface area contributed by atoms with Crippen molar-refractivity contribution in [3.8, 4) is 11.5 Å². The number of rotatable bonds is 6. The van der Waals surface area contributed by atoms with E-state index < -0.39 is 0 Å². The molecule has 2 heterocycles. The van der Waals surface area contributed by atoms with Gasteiger partial charge in [-0.1, -0.05) is 19.1 Å². The molecule has 0 radical (unpaired) electrons. The maximum Gasteiger partial charge on any atom is 0.161 e. The van der Waals surface area contributed by atoms with Crippen molar-refractivity contribution in [2.45, 2.75) is 50.9 Å². The van der Waals surface area contributed by atoms with Gasteiger partial charge in [0.2, 0.25) is 0 Å². The number of fused-ring (bicyclic) bond motifs is 1. The van der Waals surface area contributed by atoms with Crippen molar-refractivity contribution in [2.24, 2.45) is 0 Å². The molecule has 1 aromatic rings. The van der Waals surface area contributed by atoms with Gasteiger partial charge in [-0.05, 0) is 44.4 Å². The summed E-state index contributed by atoms with van der Waals surface area (Å²) < 4.78 is 17.7. The van der Waals surface area contributed by atoms with Gasteiger partial charge in [0, 0.05) is 12.6 Å². The molecule has 1 N–H and O–H groups in total. The first kappa shape index (κ1) is 14.7. The summed E-state index contributed by atoms with van der Waals surface area (Å²) in [5.74, 6) is 1.71. The Morgan fingerprint density at radius 1 is 1.29 bits per heavy atom. The third-order valence-corrected chi connectivity index (χ3v) is 4.27. The van der Waals surface area contributed by atoms with Crippen molar-refractivity contribution in [1.29, 1.82) is 0 Å². The molecule has 116 valence electrons. The molecule has 3 unspecified atom stereocenters. The molecule has 0 amide bonds. The summed E-state index contributed by atoms with van der Waals surface area (Å²) >= 11 is 0. The van der Waals surface area contributed by atoms with Crippen LogP contribution >= 0.6 is 0 Å². The number of benzene rings is 1. The van der Waals surface area contributed by atoms with E-state index >= 15 is 0 Å². The summed E-state index contributed by atoms with van der Waals surface area (Å²) in [7, 11) is 0. The maximum atomic E-state index is 6.13. The summed E-state index contributed by atoms with van der Waals surface area (Å²) in [6.07, 6.45) is 5.06. The average molecular weight is 291 g/mol. The van der Waals surface area contributed by atoms with Crippen LogP contribution in [-0.4, -0.2) is 38.0 Å². The van der Waals surface area contributed by atoms with Crippen LogP contribution in [0.1, 0.15) is 32.6 Å². The minimum atomic E-state index is 0.0706. The van der Waals surface area contributed by atoms with Crippen LogP contribution in [0.15, 0.2) is 24.3 Å². The van der Waals surface area contributed by atoms with E-state index in [1.165, 1.54) is 12.8 Å². The number of hydrogen-bond acceptors (Lipinski definition) is 4. The monoisotopic (exact) mass is 291 g/mol. The maximum absolute atomic E-state index is 6.13. The van der Waals surface area contributed by atoms with Crippen molar-refractivity contribution in [3.05, 3.63) is 24.3 Å². The molecule has 1 aromatic carbocycles. The van der Waals surface area contributed by atoms with Crippen LogP contribution in [0.25, 0.3) is 0 Å². The molecule has 1 fully saturated rings. The van der Waals surface area contributed by atoms with Crippen LogP contribution in [-0.2, 0) is 4.74 Å². The number of likely N-dealkylation sites (N-methyl/N-ethyl adjacent to an activating group) is 1. The first-order valence-electron chi connectivity index (χ1n) is 8.10. The highest BCUT2D eigenvalue weighted by Gasteiger charge is 2.29. The normalized spacial score (nSPS) is 25.8. The molecular formula is C17H25NO3. The predicted molar refractivity (Wildman–Crippen MR) is 82.0 cm³/mol. The van der Waals surface area contributed by atoms with Gasteiger partial charge >= 0.3 is 0 Å². The molecule has 4 nitrogen and oxygen atoms in total. The van der Waals surface area contributed by atoms with E-state index in [1.807, 2.05) is 24.3 Å². The van der Waals surface area contributed by atoms with Crippen LogP contribution in [0, 0.1) is 0 Å². The van der Waals surface area contributed by atoms with Crippen molar-refractivity contribution >= 4 is 0 Å². The van der Waals surface area contributed by atoms with Crippen molar-refractivity contribution in [2.75, 3.05) is 19.8 Å². The molecule has 21 heavy (non-hydrogen) atoms. The zero-order chi connectivity index (χ0) is 14.5. The first-order valence-corrected chi connectivity index (χ1v) is 8.10. The fourth-order valence-corrected chi connectivity index (χ4v) is 3.15. The second-order valence-electron chi connectivity index (χ2n) is 5.79. The topological polar surface area (TPSA) is 39.7 Å². The number of nitrogens with one attached hydrogen (secondary N) is 1. The fourth-order valence-electron chi connectivity index (χ4n) is 3.15. The Hall–Kier alpha value is -1.26. The predicted octanol–water partition coefficient (Wildman–Crippen LogP) is 2.76. The highest BCUT2D eigenvalue weighted by Crippen LogP contribution is 2.32. The Balaban J connectivity index is 1.58. The zero-order valence-electron chi connectivity index (χ0n) is 12.7. The van der Waals surface area contributed by atoms with E-state index in [4.69, 9.17) is 14.2 Å². The quantitative estimate of drug-likeness (QED) is 0.875. The molecule has 3 rings (SSSR count). The van der Waals surface area contributed by atoms with Crippen LogP contribution in [0.4, 0.5) is 0 Å². The molecule has 2 aliphatic rings. The smallest absolute Gasteiger partial charge is 0.161 e. The lowest BCUT2D eigenvalue weighted by atomic mass is 10.0. The highest BCUT2D eigenvalue weighted by atomic mass is 16.6. The number of para-hydroxylation sites is 2. The molecule has 0 spiro atoms. The van der Waals surface area contributed by atoms with Gasteiger partial charge in [-0.3, -0.25) is 0 Å². The molecule has 3 atom stereocenters. The van der Waals surface area contributed by atoms with Crippen molar-refractivity contribution in [1.82, 2.24) is 5.32 Å². The molecule has 2 aliphatic heterocycles. The molecule has 0 aromatic heterocycles. The SMILES string of the molecule is CCNC(CCC1CCCO1)C1COc2ccccc2O1. The first-order chi connectivity index (χ1) is 10.4. The van der Waals surface area contributed by atoms with Gasteiger partial charge in [0.15, 0.2) is 11.5 Å². The zero-order valence-corrected chi connectivity index (χ0v) is 12.7. The number of hydrogen-bond donors (Lipinski definition) is 1. The largest absolute Gasteiger partial charge is 0.486 e. The Morgan fingerprint density at radius 2 is 2.14 bits per heavy atom. The summed E-state index contributed by atoms with van der Waals surface area (Å²) in [6, 6.07) is 8.21. The van der Waals surface area contributed by atoms with Gasteiger partial charge in [-0.25, -0.2) is 0 Å². The van der Waals surface area contributed by atoms with Gasteiger partial charge in [0.05, 0.1) is 6.10 Å². The third kappa shape index (κ3) is 3.69. The van der Waals surface area contributed by atoms with Gasteiger partial charge in [-0.2, -0.15) is 0 Å². The average Bonchev–Trinajstić information content (AvgIpc) is 3.04. The van der Waals surface area contributed by atoms with Crippen molar-refractivity contribution in [3.63, 3.8) is 0 Å². The summed E-state index contributed by atoms with van der Waals surface area (Å²) in [5.41, 5.74) is 0. The van der Waals surface area contributed by atoms with E-state index in [-0.39, 0.29) is 6.10 Å². The summed E-state index contributed by atoms with van der Waals surface area (Å²) in [6.45, 7) is 4.61.